The van der Waals surface area contributed by atoms with Gasteiger partial charge in [0, 0.05) is 20.2 Å². The van der Waals surface area contributed by atoms with Crippen molar-refractivity contribution in [3.8, 4) is 11.6 Å². The van der Waals surface area contributed by atoms with Crippen molar-refractivity contribution in [1.29, 1.82) is 0 Å². The number of halogens is 1. The molecule has 1 N–H and O–H groups in total. The number of urea groups is 1. The van der Waals surface area contributed by atoms with Crippen LogP contribution in [0.3, 0.4) is 0 Å². The van der Waals surface area contributed by atoms with Crippen LogP contribution in [0.4, 0.5) is 14.9 Å². The number of hydrogen-bond acceptors (Lipinski definition) is 3. The Morgan fingerprint density at radius 1 is 1.20 bits per heavy atom. The van der Waals surface area contributed by atoms with Gasteiger partial charge in [-0.3, -0.25) is 0 Å². The third-order valence-corrected chi connectivity index (χ3v) is 2.44. The van der Waals surface area contributed by atoms with Crippen molar-refractivity contribution in [3.63, 3.8) is 0 Å². The average Bonchev–Trinajstić information content (AvgIpc) is 2.41. The first-order valence-electron chi connectivity index (χ1n) is 5.94. The van der Waals surface area contributed by atoms with E-state index in [9.17, 15) is 9.18 Å². The van der Waals surface area contributed by atoms with Crippen molar-refractivity contribution >= 4 is 11.7 Å². The fraction of sp³-hybridized carbons (Fsp3) is 0.143. The van der Waals surface area contributed by atoms with E-state index in [4.69, 9.17) is 4.74 Å². The number of pyridine rings is 1. The van der Waals surface area contributed by atoms with Gasteiger partial charge in [0.05, 0.1) is 5.69 Å². The highest BCUT2D eigenvalue weighted by molar-refractivity contribution is 5.90. The van der Waals surface area contributed by atoms with E-state index >= 15 is 0 Å². The molecule has 0 bridgehead atoms. The molecule has 5 nitrogen and oxygen atoms in total. The van der Waals surface area contributed by atoms with Crippen molar-refractivity contribution in [2.45, 2.75) is 0 Å². The number of hydrogen-bond donors (Lipinski definition) is 1. The minimum atomic E-state index is -0.627. The number of para-hydroxylation sites is 2. The van der Waals surface area contributed by atoms with E-state index in [1.807, 2.05) is 0 Å². The van der Waals surface area contributed by atoms with Crippen LogP contribution in [0.2, 0.25) is 0 Å². The molecule has 0 aliphatic carbocycles. The maximum absolute atomic E-state index is 13.0. The summed E-state index contributed by atoms with van der Waals surface area (Å²) in [5.74, 6) is -0.116. The normalized spacial score (nSPS) is 9.95. The number of amides is 2. The lowest BCUT2D eigenvalue weighted by Crippen LogP contribution is -2.27. The number of nitrogens with one attached hydrogen (secondary N) is 1. The van der Waals surface area contributed by atoms with Gasteiger partial charge in [-0.25, -0.2) is 4.79 Å². The zero-order chi connectivity index (χ0) is 14.5. The van der Waals surface area contributed by atoms with Crippen LogP contribution in [0.5, 0.6) is 11.6 Å². The second-order valence-corrected chi connectivity index (χ2v) is 4.22. The number of carbonyl (C=O) groups is 1. The molecule has 0 aliphatic rings. The molecule has 0 fully saturated rings. The quantitative estimate of drug-likeness (QED) is 0.876. The largest absolute Gasteiger partial charge is 0.437 e. The number of carbonyl (C=O) groups excluding carboxylic acids is 1. The molecular weight excluding hydrogens is 261 g/mol. The Morgan fingerprint density at radius 3 is 2.65 bits per heavy atom. The van der Waals surface area contributed by atoms with Crippen LogP contribution >= 0.6 is 0 Å². The summed E-state index contributed by atoms with van der Waals surface area (Å²) in [6, 6.07) is 10.8. The van der Waals surface area contributed by atoms with Gasteiger partial charge in [-0.15, -0.1) is 0 Å². The molecule has 0 spiro atoms. The van der Waals surface area contributed by atoms with E-state index in [0.717, 1.165) is 0 Å². The monoisotopic (exact) mass is 275 g/mol. The Kier molecular flexibility index (Phi) is 4.14. The van der Waals surface area contributed by atoms with E-state index in [2.05, 4.69) is 10.3 Å². The lowest BCUT2D eigenvalue weighted by atomic mass is 10.3. The molecule has 104 valence electrons. The van der Waals surface area contributed by atoms with E-state index in [1.54, 1.807) is 38.4 Å². The van der Waals surface area contributed by atoms with Crippen LogP contribution in [0.15, 0.2) is 42.5 Å². The Bertz CT molecular complexity index is 617. The third-order valence-electron chi connectivity index (χ3n) is 2.44. The SMILES string of the molecule is CN(C)C(=O)Nc1ccccc1Oc1cccc(F)n1. The predicted molar refractivity (Wildman–Crippen MR) is 73.4 cm³/mol. The number of nitrogens with zero attached hydrogens (tertiary/aromatic N) is 2. The summed E-state index contributed by atoms with van der Waals surface area (Å²) in [5, 5.41) is 2.69. The molecule has 0 unspecified atom stereocenters. The van der Waals surface area contributed by atoms with Crippen LogP contribution in [-0.4, -0.2) is 30.0 Å². The van der Waals surface area contributed by atoms with Gasteiger partial charge < -0.3 is 15.0 Å². The van der Waals surface area contributed by atoms with Gasteiger partial charge in [-0.2, -0.15) is 9.37 Å². The van der Waals surface area contributed by atoms with Gasteiger partial charge in [0.15, 0.2) is 5.75 Å². The third kappa shape index (κ3) is 3.44. The van der Waals surface area contributed by atoms with Gasteiger partial charge in [0.2, 0.25) is 11.8 Å². The first kappa shape index (κ1) is 13.8. The molecule has 0 saturated carbocycles. The second kappa shape index (κ2) is 6.01. The summed E-state index contributed by atoms with van der Waals surface area (Å²) in [6.45, 7) is 0. The molecule has 1 heterocycles. The topological polar surface area (TPSA) is 54.5 Å². The molecule has 0 radical (unpaired) electrons. The van der Waals surface area contributed by atoms with Gasteiger partial charge in [0.1, 0.15) is 0 Å². The van der Waals surface area contributed by atoms with Gasteiger partial charge in [0.25, 0.3) is 0 Å². The molecule has 0 aliphatic heterocycles. The minimum absolute atomic E-state index is 0.122. The number of ether oxygens (including phenoxy) is 1. The fourth-order valence-electron chi connectivity index (χ4n) is 1.45. The van der Waals surface area contributed by atoms with Crippen molar-refractivity contribution in [2.75, 3.05) is 19.4 Å². The van der Waals surface area contributed by atoms with Crippen LogP contribution in [-0.2, 0) is 0 Å². The Hall–Kier alpha value is -2.63. The summed E-state index contributed by atoms with van der Waals surface area (Å²) in [4.78, 5) is 16.7. The van der Waals surface area contributed by atoms with Gasteiger partial charge in [-0.05, 0) is 18.2 Å². The molecule has 20 heavy (non-hydrogen) atoms. The highest BCUT2D eigenvalue weighted by Crippen LogP contribution is 2.28. The molecule has 0 atom stereocenters. The van der Waals surface area contributed by atoms with Crippen LogP contribution in [0.25, 0.3) is 0 Å². The fourth-order valence-corrected chi connectivity index (χ4v) is 1.45. The maximum Gasteiger partial charge on any atom is 0.321 e. The second-order valence-electron chi connectivity index (χ2n) is 4.22. The molecule has 6 heteroatoms. The molecule has 1 aromatic heterocycles. The van der Waals surface area contributed by atoms with Crippen LogP contribution in [0, 0.1) is 5.95 Å². The van der Waals surface area contributed by atoms with E-state index in [1.165, 1.54) is 23.1 Å². The van der Waals surface area contributed by atoms with Crippen molar-refractivity contribution in [1.82, 2.24) is 9.88 Å². The molecular formula is C14H14FN3O2. The van der Waals surface area contributed by atoms with Gasteiger partial charge >= 0.3 is 6.03 Å². The zero-order valence-electron chi connectivity index (χ0n) is 11.1. The minimum Gasteiger partial charge on any atom is -0.437 e. The zero-order valence-corrected chi connectivity index (χ0v) is 11.1. The first-order chi connectivity index (χ1) is 9.56. The molecule has 2 amide bonds. The summed E-state index contributed by atoms with van der Waals surface area (Å²) in [5.41, 5.74) is 0.484. The lowest BCUT2D eigenvalue weighted by molar-refractivity contribution is 0.230. The van der Waals surface area contributed by atoms with Gasteiger partial charge in [-0.1, -0.05) is 18.2 Å². The Morgan fingerprint density at radius 2 is 1.95 bits per heavy atom. The highest BCUT2D eigenvalue weighted by Gasteiger charge is 2.10. The summed E-state index contributed by atoms with van der Waals surface area (Å²) in [6.07, 6.45) is 0. The smallest absolute Gasteiger partial charge is 0.321 e. The molecule has 2 aromatic rings. The summed E-state index contributed by atoms with van der Waals surface area (Å²) in [7, 11) is 3.26. The maximum atomic E-state index is 13.0. The molecule has 0 saturated heterocycles. The van der Waals surface area contributed by atoms with E-state index in [-0.39, 0.29) is 11.9 Å². The van der Waals surface area contributed by atoms with Crippen molar-refractivity contribution in [2.24, 2.45) is 0 Å². The number of rotatable bonds is 3. The number of aromatic nitrogens is 1. The summed E-state index contributed by atoms with van der Waals surface area (Å²) >= 11 is 0. The van der Waals surface area contributed by atoms with E-state index in [0.29, 0.717) is 11.4 Å². The van der Waals surface area contributed by atoms with Crippen LogP contribution in [0.1, 0.15) is 0 Å². The standard InChI is InChI=1S/C14H14FN3O2/c1-18(2)14(19)16-10-6-3-4-7-11(10)20-13-9-5-8-12(15)17-13/h3-9H,1-2H3,(H,16,19). The van der Waals surface area contributed by atoms with E-state index < -0.39 is 5.95 Å². The summed E-state index contributed by atoms with van der Waals surface area (Å²) < 4.78 is 18.5. The Labute approximate surface area is 116 Å². The predicted octanol–water partition coefficient (Wildman–Crippen LogP) is 3.11. The van der Waals surface area contributed by atoms with Crippen LogP contribution < -0.4 is 10.1 Å². The average molecular weight is 275 g/mol. The Balaban J connectivity index is 2.22. The molecule has 1 aromatic carbocycles. The first-order valence-corrected chi connectivity index (χ1v) is 5.94. The molecule has 2 rings (SSSR count). The van der Waals surface area contributed by atoms with Crippen molar-refractivity contribution < 1.29 is 13.9 Å². The lowest BCUT2D eigenvalue weighted by Gasteiger charge is -2.15. The highest BCUT2D eigenvalue weighted by atomic mass is 19.1. The number of anilines is 1. The van der Waals surface area contributed by atoms with Crippen molar-refractivity contribution in [3.05, 3.63) is 48.4 Å². The number of benzene rings is 1.